The van der Waals surface area contributed by atoms with Gasteiger partial charge in [-0.3, -0.25) is 4.79 Å². The van der Waals surface area contributed by atoms with E-state index >= 15 is 0 Å². The van der Waals surface area contributed by atoms with E-state index in [2.05, 4.69) is 9.97 Å². The van der Waals surface area contributed by atoms with Crippen molar-refractivity contribution in [2.45, 2.75) is 13.3 Å². The van der Waals surface area contributed by atoms with Crippen molar-refractivity contribution < 1.29 is 9.90 Å². The summed E-state index contributed by atoms with van der Waals surface area (Å²) < 4.78 is 1.89. The molecule has 0 amide bonds. The molecule has 0 fully saturated rings. The molecule has 1 unspecified atom stereocenters. The van der Waals surface area contributed by atoms with Gasteiger partial charge < -0.3 is 9.67 Å². The van der Waals surface area contributed by atoms with Gasteiger partial charge in [0.2, 0.25) is 0 Å². The number of fused-ring (bicyclic) bond motifs is 1. The highest BCUT2D eigenvalue weighted by Gasteiger charge is 2.15. The molecule has 84 valence electrons. The van der Waals surface area contributed by atoms with Gasteiger partial charge >= 0.3 is 5.97 Å². The Labute approximate surface area is 92.8 Å². The second kappa shape index (κ2) is 3.92. The third kappa shape index (κ3) is 1.76. The average molecular weight is 219 g/mol. The van der Waals surface area contributed by atoms with E-state index in [9.17, 15) is 4.79 Å². The number of carbonyl (C=O) groups is 1. The van der Waals surface area contributed by atoms with Crippen molar-refractivity contribution in [1.82, 2.24) is 14.5 Å². The molecule has 5 heteroatoms. The van der Waals surface area contributed by atoms with Gasteiger partial charge in [0.15, 0.2) is 0 Å². The molecule has 2 heterocycles. The number of carboxylic acid groups (broad SMARTS) is 1. The van der Waals surface area contributed by atoms with Gasteiger partial charge in [-0.05, 0) is 12.0 Å². The zero-order valence-electron chi connectivity index (χ0n) is 9.21. The zero-order chi connectivity index (χ0) is 11.7. The largest absolute Gasteiger partial charge is 0.481 e. The Kier molecular flexibility index (Phi) is 2.60. The molecule has 1 N–H and O–H groups in total. The number of rotatable bonds is 3. The minimum atomic E-state index is -0.783. The average Bonchev–Trinajstić information content (AvgIpc) is 2.57. The molecule has 0 aromatic carbocycles. The predicted molar refractivity (Wildman–Crippen MR) is 59.0 cm³/mol. The van der Waals surface area contributed by atoms with E-state index in [1.54, 1.807) is 13.1 Å². The van der Waals surface area contributed by atoms with Crippen LogP contribution in [0.4, 0.5) is 0 Å². The van der Waals surface area contributed by atoms with Gasteiger partial charge in [-0.1, -0.05) is 6.92 Å². The van der Waals surface area contributed by atoms with E-state index < -0.39 is 11.9 Å². The highest BCUT2D eigenvalue weighted by atomic mass is 16.4. The van der Waals surface area contributed by atoms with Crippen molar-refractivity contribution in [3.8, 4) is 0 Å². The van der Waals surface area contributed by atoms with Crippen molar-refractivity contribution >= 4 is 17.0 Å². The van der Waals surface area contributed by atoms with Crippen LogP contribution in [0.5, 0.6) is 0 Å². The van der Waals surface area contributed by atoms with E-state index in [-0.39, 0.29) is 0 Å². The number of aromatic nitrogens is 3. The molecule has 0 bridgehead atoms. The van der Waals surface area contributed by atoms with Gasteiger partial charge in [0, 0.05) is 24.8 Å². The number of hydrogen-bond donors (Lipinski definition) is 1. The van der Waals surface area contributed by atoms with Crippen molar-refractivity contribution in [2.24, 2.45) is 13.0 Å². The predicted octanol–water partition coefficient (Wildman–Crippen LogP) is 1.23. The van der Waals surface area contributed by atoms with Gasteiger partial charge in [0.25, 0.3) is 0 Å². The fraction of sp³-hybridized carbons (Fsp3) is 0.364. The van der Waals surface area contributed by atoms with E-state index in [0.29, 0.717) is 6.42 Å². The lowest BCUT2D eigenvalue weighted by molar-refractivity contribution is -0.141. The summed E-state index contributed by atoms with van der Waals surface area (Å²) in [5.74, 6) is -1.18. The number of carboxylic acids is 1. The molecular weight excluding hydrogens is 206 g/mol. The Balaban J connectivity index is 2.42. The second-order valence-corrected chi connectivity index (χ2v) is 3.97. The number of aryl methyl sites for hydroxylation is 1. The van der Waals surface area contributed by atoms with Gasteiger partial charge in [0.05, 0.1) is 5.92 Å². The van der Waals surface area contributed by atoms with Crippen LogP contribution < -0.4 is 0 Å². The van der Waals surface area contributed by atoms with Crippen LogP contribution in [-0.2, 0) is 18.3 Å². The van der Waals surface area contributed by atoms with Crippen LogP contribution in [0.25, 0.3) is 11.0 Å². The summed E-state index contributed by atoms with van der Waals surface area (Å²) in [7, 11) is 1.89. The second-order valence-electron chi connectivity index (χ2n) is 3.97. The first kappa shape index (κ1) is 10.6. The fourth-order valence-corrected chi connectivity index (χ4v) is 1.78. The monoisotopic (exact) mass is 219 g/mol. The van der Waals surface area contributed by atoms with Crippen LogP contribution in [0.2, 0.25) is 0 Å². The smallest absolute Gasteiger partial charge is 0.306 e. The number of nitrogens with zero attached hydrogens (tertiary/aromatic N) is 3. The number of hydrogen-bond acceptors (Lipinski definition) is 3. The summed E-state index contributed by atoms with van der Waals surface area (Å²) in [6.45, 7) is 1.70. The minimum Gasteiger partial charge on any atom is -0.481 e. The fourth-order valence-electron chi connectivity index (χ4n) is 1.78. The molecule has 2 aromatic heterocycles. The van der Waals surface area contributed by atoms with Crippen molar-refractivity contribution in [3.63, 3.8) is 0 Å². The molecule has 2 aromatic rings. The zero-order valence-corrected chi connectivity index (χ0v) is 9.21. The first-order valence-corrected chi connectivity index (χ1v) is 5.06. The van der Waals surface area contributed by atoms with Crippen LogP contribution >= 0.6 is 0 Å². The normalized spacial score (nSPS) is 12.9. The first-order chi connectivity index (χ1) is 7.59. The van der Waals surface area contributed by atoms with E-state index in [1.807, 2.05) is 17.8 Å². The van der Waals surface area contributed by atoms with Crippen LogP contribution in [-0.4, -0.2) is 25.6 Å². The Morgan fingerprint density at radius 1 is 1.62 bits per heavy atom. The number of aliphatic carboxylic acids is 1. The summed E-state index contributed by atoms with van der Waals surface area (Å²) >= 11 is 0. The molecule has 1 atom stereocenters. The Morgan fingerprint density at radius 3 is 3.06 bits per heavy atom. The Hall–Kier alpha value is -1.91. The summed E-state index contributed by atoms with van der Waals surface area (Å²) in [6, 6.07) is 0. The van der Waals surface area contributed by atoms with Crippen molar-refractivity contribution in [1.29, 1.82) is 0 Å². The molecule has 5 nitrogen and oxygen atoms in total. The summed E-state index contributed by atoms with van der Waals surface area (Å²) in [4.78, 5) is 18.9. The molecule has 0 aliphatic rings. The standard InChI is InChI=1S/C11H13N3O2/c1-7(11(15)16)3-8-5-14(2)10-9(8)4-12-6-13-10/h4-7H,3H2,1-2H3,(H,15,16). The lowest BCUT2D eigenvalue weighted by Gasteiger charge is -2.03. The maximum atomic E-state index is 10.8. The van der Waals surface area contributed by atoms with Crippen LogP contribution in [0.3, 0.4) is 0 Å². The van der Waals surface area contributed by atoms with E-state index in [0.717, 1.165) is 16.6 Å². The third-order valence-corrected chi connectivity index (χ3v) is 2.67. The van der Waals surface area contributed by atoms with E-state index in [1.165, 1.54) is 6.33 Å². The third-order valence-electron chi connectivity index (χ3n) is 2.67. The molecule has 0 aliphatic heterocycles. The van der Waals surface area contributed by atoms with Gasteiger partial charge in [-0.2, -0.15) is 0 Å². The minimum absolute atomic E-state index is 0.397. The van der Waals surface area contributed by atoms with Gasteiger partial charge in [0.1, 0.15) is 12.0 Å². The van der Waals surface area contributed by atoms with E-state index in [4.69, 9.17) is 5.11 Å². The maximum Gasteiger partial charge on any atom is 0.306 e. The van der Waals surface area contributed by atoms with Crippen molar-refractivity contribution in [3.05, 3.63) is 24.3 Å². The molecule has 0 spiro atoms. The summed E-state index contributed by atoms with van der Waals surface area (Å²) in [5, 5.41) is 9.81. The summed E-state index contributed by atoms with van der Waals surface area (Å²) in [6.07, 6.45) is 5.64. The van der Waals surface area contributed by atoms with Gasteiger partial charge in [-0.15, -0.1) is 0 Å². The molecular formula is C11H13N3O2. The van der Waals surface area contributed by atoms with Crippen LogP contribution in [0.15, 0.2) is 18.7 Å². The topological polar surface area (TPSA) is 68.0 Å². The lowest BCUT2D eigenvalue weighted by Crippen LogP contribution is -2.11. The maximum absolute atomic E-state index is 10.8. The summed E-state index contributed by atoms with van der Waals surface area (Å²) in [5.41, 5.74) is 1.82. The first-order valence-electron chi connectivity index (χ1n) is 5.06. The van der Waals surface area contributed by atoms with Crippen LogP contribution in [0.1, 0.15) is 12.5 Å². The highest BCUT2D eigenvalue weighted by Crippen LogP contribution is 2.20. The highest BCUT2D eigenvalue weighted by molar-refractivity contribution is 5.80. The van der Waals surface area contributed by atoms with Crippen molar-refractivity contribution in [2.75, 3.05) is 0 Å². The Morgan fingerprint density at radius 2 is 2.38 bits per heavy atom. The van der Waals surface area contributed by atoms with Gasteiger partial charge in [-0.25, -0.2) is 9.97 Å². The molecule has 0 saturated carbocycles. The molecule has 2 rings (SSSR count). The quantitative estimate of drug-likeness (QED) is 0.843. The lowest BCUT2D eigenvalue weighted by atomic mass is 10.0. The SMILES string of the molecule is CC(Cc1cn(C)c2ncncc12)C(=O)O. The Bertz CT molecular complexity index is 533. The van der Waals surface area contributed by atoms with Crippen LogP contribution in [0, 0.1) is 5.92 Å². The molecule has 16 heavy (non-hydrogen) atoms. The molecule has 0 radical (unpaired) electrons. The molecule has 0 aliphatic carbocycles. The molecule has 0 saturated heterocycles.